The van der Waals surface area contributed by atoms with Crippen LogP contribution >= 0.6 is 0 Å². The average molecular weight is 414 g/mol. The SMILES string of the molecule is C=CC(C)(CN(CC)C(C)C(N=O)c1ccnc2ccccc12)C(C)C.CC.CC. The Morgan fingerprint density at radius 3 is 2.23 bits per heavy atom. The summed E-state index contributed by atoms with van der Waals surface area (Å²) in [6.07, 6.45) is 3.80. The number of aromatic nitrogens is 1. The van der Waals surface area contributed by atoms with Crippen molar-refractivity contribution in [2.75, 3.05) is 13.1 Å². The van der Waals surface area contributed by atoms with Crippen LogP contribution < -0.4 is 0 Å². The minimum atomic E-state index is -0.441. The molecule has 0 aliphatic rings. The van der Waals surface area contributed by atoms with E-state index in [1.54, 1.807) is 6.20 Å². The standard InChI is InChI=1S/C22H31N3O.2C2H6/c1-7-22(6,16(3)4)15-25(8-2)17(5)21(24-26)19-13-14-23-20-12-10-9-11-18(19)20;2*1-2/h7,9-14,16-17,21H,1,8,15H2,2-6H3;2*1-2H3. The molecule has 2 aromatic rings. The van der Waals surface area contributed by atoms with E-state index in [0.717, 1.165) is 29.6 Å². The van der Waals surface area contributed by atoms with Gasteiger partial charge in [-0.15, -0.1) is 6.58 Å². The van der Waals surface area contributed by atoms with E-state index in [4.69, 9.17) is 0 Å². The van der Waals surface area contributed by atoms with Crippen LogP contribution in [0.4, 0.5) is 0 Å². The zero-order chi connectivity index (χ0) is 23.3. The summed E-state index contributed by atoms with van der Waals surface area (Å²) >= 11 is 0. The second-order valence-corrected chi connectivity index (χ2v) is 7.64. The van der Waals surface area contributed by atoms with Gasteiger partial charge in [-0.2, -0.15) is 4.91 Å². The van der Waals surface area contributed by atoms with Gasteiger partial charge in [0.1, 0.15) is 6.04 Å². The number of pyridine rings is 1. The maximum atomic E-state index is 11.9. The van der Waals surface area contributed by atoms with Crippen LogP contribution in [0, 0.1) is 16.2 Å². The molecule has 0 fully saturated rings. The number of likely N-dealkylation sites (N-methyl/N-ethyl adjacent to an activating group) is 1. The molecular formula is C26H43N3O. The quantitative estimate of drug-likeness (QED) is 0.313. The first-order valence-corrected chi connectivity index (χ1v) is 11.4. The molecular weight excluding hydrogens is 370 g/mol. The molecule has 1 aromatic heterocycles. The van der Waals surface area contributed by atoms with E-state index in [1.807, 2.05) is 64.1 Å². The molecule has 0 bridgehead atoms. The van der Waals surface area contributed by atoms with E-state index in [-0.39, 0.29) is 11.5 Å². The van der Waals surface area contributed by atoms with Gasteiger partial charge in [0.25, 0.3) is 0 Å². The number of nitrogens with zero attached hydrogens (tertiary/aromatic N) is 3. The molecule has 4 nitrogen and oxygen atoms in total. The zero-order valence-corrected chi connectivity index (χ0v) is 20.6. The molecule has 0 aliphatic heterocycles. The Bertz CT molecular complexity index is 754. The van der Waals surface area contributed by atoms with Crippen molar-refractivity contribution in [3.8, 4) is 0 Å². The first-order chi connectivity index (χ1) is 14.4. The molecule has 0 spiro atoms. The van der Waals surface area contributed by atoms with Crippen molar-refractivity contribution >= 4 is 10.9 Å². The van der Waals surface area contributed by atoms with Gasteiger partial charge in [-0.3, -0.25) is 9.88 Å². The highest BCUT2D eigenvalue weighted by Crippen LogP contribution is 2.34. The molecule has 2 rings (SSSR count). The molecule has 0 N–H and O–H groups in total. The Balaban J connectivity index is 0.00000198. The van der Waals surface area contributed by atoms with Crippen LogP contribution in [0.5, 0.6) is 0 Å². The third-order valence-corrected chi connectivity index (χ3v) is 5.88. The minimum Gasteiger partial charge on any atom is -0.297 e. The van der Waals surface area contributed by atoms with Gasteiger partial charge in [0.2, 0.25) is 0 Å². The van der Waals surface area contributed by atoms with Crippen molar-refractivity contribution in [2.24, 2.45) is 16.5 Å². The predicted molar refractivity (Wildman–Crippen MR) is 133 cm³/mol. The summed E-state index contributed by atoms with van der Waals surface area (Å²) in [6.45, 7) is 24.6. The van der Waals surface area contributed by atoms with Crippen molar-refractivity contribution < 1.29 is 0 Å². The predicted octanol–water partition coefficient (Wildman–Crippen LogP) is 7.65. The normalized spacial score (nSPS) is 14.6. The maximum Gasteiger partial charge on any atom is 0.133 e. The van der Waals surface area contributed by atoms with E-state index in [0.29, 0.717) is 5.92 Å². The Hall–Kier alpha value is -2.07. The highest BCUT2D eigenvalue weighted by Gasteiger charge is 2.33. The monoisotopic (exact) mass is 413 g/mol. The fourth-order valence-electron chi connectivity index (χ4n) is 3.44. The van der Waals surface area contributed by atoms with E-state index in [1.165, 1.54) is 0 Å². The first-order valence-electron chi connectivity index (χ1n) is 11.4. The highest BCUT2D eigenvalue weighted by molar-refractivity contribution is 5.82. The molecule has 30 heavy (non-hydrogen) atoms. The van der Waals surface area contributed by atoms with Crippen molar-refractivity contribution in [2.45, 2.75) is 74.4 Å². The lowest BCUT2D eigenvalue weighted by Gasteiger charge is -2.40. The van der Waals surface area contributed by atoms with Crippen LogP contribution in [-0.2, 0) is 0 Å². The lowest BCUT2D eigenvalue weighted by molar-refractivity contribution is 0.117. The fourth-order valence-corrected chi connectivity index (χ4v) is 3.44. The largest absolute Gasteiger partial charge is 0.297 e. The van der Waals surface area contributed by atoms with E-state index in [9.17, 15) is 4.91 Å². The summed E-state index contributed by atoms with van der Waals surface area (Å²) in [5.74, 6) is 0.464. The summed E-state index contributed by atoms with van der Waals surface area (Å²) in [5.41, 5.74) is 1.83. The molecule has 3 unspecified atom stereocenters. The van der Waals surface area contributed by atoms with Crippen molar-refractivity contribution in [3.05, 3.63) is 59.7 Å². The lowest BCUT2D eigenvalue weighted by atomic mass is 9.78. The van der Waals surface area contributed by atoms with Gasteiger partial charge >= 0.3 is 0 Å². The van der Waals surface area contributed by atoms with Gasteiger partial charge in [0.05, 0.1) is 5.52 Å². The van der Waals surface area contributed by atoms with Crippen molar-refractivity contribution in [1.29, 1.82) is 0 Å². The number of hydrogen-bond acceptors (Lipinski definition) is 4. The molecule has 3 atom stereocenters. The molecule has 0 radical (unpaired) electrons. The van der Waals surface area contributed by atoms with Gasteiger partial charge in [-0.25, -0.2) is 0 Å². The van der Waals surface area contributed by atoms with Crippen LogP contribution in [0.3, 0.4) is 0 Å². The van der Waals surface area contributed by atoms with E-state index >= 15 is 0 Å². The molecule has 0 saturated heterocycles. The van der Waals surface area contributed by atoms with Gasteiger partial charge in [-0.1, -0.05) is 84.8 Å². The highest BCUT2D eigenvalue weighted by atomic mass is 16.3. The molecule has 1 aromatic carbocycles. The Morgan fingerprint density at radius 1 is 1.13 bits per heavy atom. The van der Waals surface area contributed by atoms with Crippen molar-refractivity contribution in [3.63, 3.8) is 0 Å². The summed E-state index contributed by atoms with van der Waals surface area (Å²) in [6, 6.07) is 9.39. The summed E-state index contributed by atoms with van der Waals surface area (Å²) < 4.78 is 0. The Kier molecular flexibility index (Phi) is 13.1. The first kappa shape index (κ1) is 27.9. The Morgan fingerprint density at radius 2 is 1.73 bits per heavy atom. The van der Waals surface area contributed by atoms with Gasteiger partial charge in [0, 0.05) is 29.6 Å². The fraction of sp³-hybridized carbons (Fsp3) is 0.577. The summed E-state index contributed by atoms with van der Waals surface area (Å²) in [7, 11) is 0. The molecule has 0 aliphatic carbocycles. The van der Waals surface area contributed by atoms with Gasteiger partial charge < -0.3 is 0 Å². The number of benzene rings is 1. The molecule has 0 saturated carbocycles. The second kappa shape index (κ2) is 14.0. The summed E-state index contributed by atoms with van der Waals surface area (Å²) in [4.78, 5) is 18.6. The Labute approximate surface area is 184 Å². The van der Waals surface area contributed by atoms with E-state index in [2.05, 4.69) is 56.3 Å². The maximum absolute atomic E-state index is 11.9. The smallest absolute Gasteiger partial charge is 0.133 e. The number of nitroso groups, excluding NO2 is 1. The average Bonchev–Trinajstić information content (AvgIpc) is 2.80. The molecule has 4 heteroatoms. The van der Waals surface area contributed by atoms with Crippen LogP contribution in [0.25, 0.3) is 10.9 Å². The van der Waals surface area contributed by atoms with E-state index < -0.39 is 6.04 Å². The van der Waals surface area contributed by atoms with Gasteiger partial charge in [-0.05, 0) is 37.1 Å². The molecule has 168 valence electrons. The second-order valence-electron chi connectivity index (χ2n) is 7.64. The molecule has 0 amide bonds. The van der Waals surface area contributed by atoms with Crippen molar-refractivity contribution in [1.82, 2.24) is 9.88 Å². The topological polar surface area (TPSA) is 45.6 Å². The summed E-state index contributed by atoms with van der Waals surface area (Å²) in [5, 5.41) is 4.53. The van der Waals surface area contributed by atoms with Crippen LogP contribution in [0.1, 0.15) is 73.9 Å². The minimum absolute atomic E-state index is 0.0127. The number of rotatable bonds is 9. The number of fused-ring (bicyclic) bond motifs is 1. The number of para-hydroxylation sites is 1. The zero-order valence-electron chi connectivity index (χ0n) is 20.6. The van der Waals surface area contributed by atoms with Gasteiger partial charge in [0.15, 0.2) is 0 Å². The lowest BCUT2D eigenvalue weighted by Crippen LogP contribution is -2.44. The van der Waals surface area contributed by atoms with Crippen LogP contribution in [0.15, 0.2) is 54.4 Å². The number of hydrogen-bond donors (Lipinski definition) is 0. The van der Waals surface area contributed by atoms with Crippen LogP contribution in [-0.4, -0.2) is 29.0 Å². The molecule has 1 heterocycles. The van der Waals surface area contributed by atoms with Crippen LogP contribution in [0.2, 0.25) is 0 Å². The third kappa shape index (κ3) is 6.73. The third-order valence-electron chi connectivity index (χ3n) is 5.88.